The van der Waals surface area contributed by atoms with Crippen LogP contribution in [0.1, 0.15) is 12.0 Å². The van der Waals surface area contributed by atoms with Gasteiger partial charge in [0.1, 0.15) is 5.78 Å². The molecule has 1 aromatic rings. The topological polar surface area (TPSA) is 51.2 Å². The molecule has 1 aromatic carbocycles. The van der Waals surface area contributed by atoms with Gasteiger partial charge in [-0.15, -0.1) is 0 Å². The Balaban J connectivity index is 2.03. The third-order valence-electron chi connectivity index (χ3n) is 2.96. The quantitative estimate of drug-likeness (QED) is 0.844. The van der Waals surface area contributed by atoms with Crippen LogP contribution in [0.4, 0.5) is 0 Å². The molecule has 92 valence electrons. The zero-order chi connectivity index (χ0) is 12.5. The maximum absolute atomic E-state index is 11.9. The van der Waals surface area contributed by atoms with Crippen molar-refractivity contribution in [2.45, 2.75) is 12.8 Å². The lowest BCUT2D eigenvalue weighted by Gasteiger charge is -2.06. The molecule has 0 saturated carbocycles. The number of carbonyl (C=O) groups excluding carboxylic acids is 1. The molecule has 0 radical (unpaired) electrons. The molecule has 0 amide bonds. The number of halogens is 1. The van der Waals surface area contributed by atoms with E-state index in [9.17, 15) is 13.2 Å². The van der Waals surface area contributed by atoms with E-state index < -0.39 is 9.84 Å². The monoisotopic (exact) mass is 272 g/mol. The first-order valence-corrected chi connectivity index (χ1v) is 7.64. The highest BCUT2D eigenvalue weighted by Crippen LogP contribution is 2.21. The van der Waals surface area contributed by atoms with Crippen LogP contribution in [0.3, 0.4) is 0 Å². The van der Waals surface area contributed by atoms with Gasteiger partial charge in [-0.3, -0.25) is 4.79 Å². The Bertz CT molecular complexity index is 536. The van der Waals surface area contributed by atoms with E-state index in [1.165, 1.54) is 0 Å². The van der Waals surface area contributed by atoms with Crippen molar-refractivity contribution in [2.24, 2.45) is 5.92 Å². The van der Waals surface area contributed by atoms with E-state index in [1.54, 1.807) is 18.2 Å². The van der Waals surface area contributed by atoms with Crippen molar-refractivity contribution in [3.05, 3.63) is 34.9 Å². The third-order valence-corrected chi connectivity index (χ3v) is 4.96. The molecule has 0 aliphatic carbocycles. The van der Waals surface area contributed by atoms with Gasteiger partial charge in [-0.05, 0) is 24.1 Å². The number of ketones is 1. The molecule has 0 bridgehead atoms. The van der Waals surface area contributed by atoms with Gasteiger partial charge in [-0.1, -0.05) is 23.7 Å². The summed E-state index contributed by atoms with van der Waals surface area (Å²) < 4.78 is 22.6. The second-order valence-electron chi connectivity index (χ2n) is 4.37. The molecule has 1 fully saturated rings. The smallest absolute Gasteiger partial charge is 0.151 e. The Kier molecular flexibility index (Phi) is 3.54. The van der Waals surface area contributed by atoms with Crippen LogP contribution in [0, 0.1) is 5.92 Å². The highest BCUT2D eigenvalue weighted by atomic mass is 35.5. The fourth-order valence-corrected chi connectivity index (χ4v) is 4.03. The van der Waals surface area contributed by atoms with Crippen molar-refractivity contribution in [3.63, 3.8) is 0 Å². The molecule has 0 N–H and O–H groups in total. The molecule has 0 spiro atoms. The van der Waals surface area contributed by atoms with Crippen molar-refractivity contribution in [3.8, 4) is 0 Å². The van der Waals surface area contributed by atoms with Gasteiger partial charge < -0.3 is 0 Å². The highest BCUT2D eigenvalue weighted by Gasteiger charge is 2.32. The van der Waals surface area contributed by atoms with Crippen LogP contribution in [0.15, 0.2) is 24.3 Å². The Hall–Kier alpha value is -0.870. The van der Waals surface area contributed by atoms with Crippen LogP contribution in [0.5, 0.6) is 0 Å². The van der Waals surface area contributed by atoms with Crippen LogP contribution in [0.25, 0.3) is 0 Å². The molecule has 3 nitrogen and oxygen atoms in total. The van der Waals surface area contributed by atoms with Crippen molar-refractivity contribution < 1.29 is 13.2 Å². The fourth-order valence-electron chi connectivity index (χ4n) is 2.04. The number of carbonyl (C=O) groups is 1. The molecule has 1 atom stereocenters. The molecule has 1 unspecified atom stereocenters. The standard InChI is InChI=1S/C12H13ClO3S/c13-11-3-1-2-9(6-11)7-12(14)10-4-5-17(15,16)8-10/h1-3,6,10H,4-5,7-8H2. The Labute approximate surface area is 106 Å². The zero-order valence-corrected chi connectivity index (χ0v) is 10.8. The van der Waals surface area contributed by atoms with Gasteiger partial charge in [0.15, 0.2) is 9.84 Å². The molecule has 1 aliphatic heterocycles. The zero-order valence-electron chi connectivity index (χ0n) is 9.23. The van der Waals surface area contributed by atoms with Crippen LogP contribution in [0.2, 0.25) is 5.02 Å². The largest absolute Gasteiger partial charge is 0.299 e. The summed E-state index contributed by atoms with van der Waals surface area (Å²) in [5, 5.41) is 0.592. The number of hydrogen-bond donors (Lipinski definition) is 0. The summed E-state index contributed by atoms with van der Waals surface area (Å²) in [6, 6.07) is 7.10. The van der Waals surface area contributed by atoms with Crippen molar-refractivity contribution in [1.29, 1.82) is 0 Å². The maximum atomic E-state index is 11.9. The van der Waals surface area contributed by atoms with Gasteiger partial charge in [-0.2, -0.15) is 0 Å². The van der Waals surface area contributed by atoms with Crippen LogP contribution in [-0.4, -0.2) is 25.7 Å². The summed E-state index contributed by atoms with van der Waals surface area (Å²) in [5.74, 6) is -0.196. The van der Waals surface area contributed by atoms with Crippen molar-refractivity contribution in [2.75, 3.05) is 11.5 Å². The average molecular weight is 273 g/mol. The van der Waals surface area contributed by atoms with E-state index in [1.807, 2.05) is 6.07 Å². The minimum Gasteiger partial charge on any atom is -0.299 e. The first kappa shape index (κ1) is 12.6. The lowest BCUT2D eigenvalue weighted by atomic mass is 9.97. The second kappa shape index (κ2) is 4.78. The number of Topliss-reactive ketones (excluding diaryl/α,β-unsaturated/α-hetero) is 1. The van der Waals surface area contributed by atoms with E-state index in [-0.39, 0.29) is 29.6 Å². The summed E-state index contributed by atoms with van der Waals surface area (Å²) in [7, 11) is -2.99. The molecule has 0 aromatic heterocycles. The van der Waals surface area contributed by atoms with Crippen LogP contribution >= 0.6 is 11.6 Å². The van der Waals surface area contributed by atoms with E-state index in [4.69, 9.17) is 11.6 Å². The Morgan fingerprint density at radius 3 is 2.76 bits per heavy atom. The lowest BCUT2D eigenvalue weighted by molar-refractivity contribution is -0.121. The van der Waals surface area contributed by atoms with Gasteiger partial charge in [-0.25, -0.2) is 8.42 Å². The van der Waals surface area contributed by atoms with Gasteiger partial charge in [0.05, 0.1) is 11.5 Å². The van der Waals surface area contributed by atoms with E-state index in [0.29, 0.717) is 11.4 Å². The summed E-state index contributed by atoms with van der Waals surface area (Å²) in [6.45, 7) is 0. The van der Waals surface area contributed by atoms with E-state index in [2.05, 4.69) is 0 Å². The van der Waals surface area contributed by atoms with Crippen molar-refractivity contribution >= 4 is 27.2 Å². The molecule has 5 heteroatoms. The minimum atomic E-state index is -2.99. The summed E-state index contributed by atoms with van der Waals surface area (Å²) >= 11 is 5.83. The van der Waals surface area contributed by atoms with Gasteiger partial charge in [0.25, 0.3) is 0 Å². The number of hydrogen-bond acceptors (Lipinski definition) is 3. The number of benzene rings is 1. The molecule has 1 aliphatic rings. The summed E-state index contributed by atoms with van der Waals surface area (Å²) in [6.07, 6.45) is 0.725. The Morgan fingerprint density at radius 1 is 1.41 bits per heavy atom. The number of rotatable bonds is 3. The van der Waals surface area contributed by atoms with Gasteiger partial charge in [0, 0.05) is 17.4 Å². The number of sulfone groups is 1. The molecule has 1 saturated heterocycles. The van der Waals surface area contributed by atoms with Crippen LogP contribution < -0.4 is 0 Å². The molecule has 2 rings (SSSR count). The maximum Gasteiger partial charge on any atom is 0.151 e. The summed E-state index contributed by atoms with van der Waals surface area (Å²) in [5.41, 5.74) is 0.840. The lowest BCUT2D eigenvalue weighted by Crippen LogP contribution is -2.18. The second-order valence-corrected chi connectivity index (χ2v) is 7.04. The SMILES string of the molecule is O=C(Cc1cccc(Cl)c1)C1CCS(=O)(=O)C1. The third kappa shape index (κ3) is 3.30. The average Bonchev–Trinajstić information content (AvgIpc) is 2.59. The van der Waals surface area contributed by atoms with Crippen LogP contribution in [-0.2, 0) is 21.1 Å². The Morgan fingerprint density at radius 2 is 2.18 bits per heavy atom. The molecular weight excluding hydrogens is 260 g/mol. The minimum absolute atomic E-state index is 0.00617. The molecule has 1 heterocycles. The first-order chi connectivity index (χ1) is 7.96. The van der Waals surface area contributed by atoms with Gasteiger partial charge in [0.2, 0.25) is 0 Å². The highest BCUT2D eigenvalue weighted by molar-refractivity contribution is 7.91. The van der Waals surface area contributed by atoms with E-state index in [0.717, 1.165) is 5.56 Å². The fraction of sp³-hybridized carbons (Fsp3) is 0.417. The molecule has 17 heavy (non-hydrogen) atoms. The van der Waals surface area contributed by atoms with Gasteiger partial charge >= 0.3 is 0 Å². The molecular formula is C12H13ClO3S. The predicted molar refractivity (Wildman–Crippen MR) is 66.9 cm³/mol. The van der Waals surface area contributed by atoms with Crippen molar-refractivity contribution in [1.82, 2.24) is 0 Å². The predicted octanol–water partition coefficient (Wildman–Crippen LogP) is 1.89. The first-order valence-electron chi connectivity index (χ1n) is 5.44. The normalized spacial score (nSPS) is 22.5. The summed E-state index contributed by atoms with van der Waals surface area (Å²) in [4.78, 5) is 11.9. The van der Waals surface area contributed by atoms with E-state index >= 15 is 0 Å².